The molecule has 2 aromatic rings. The first kappa shape index (κ1) is 15.9. The fourth-order valence-electron chi connectivity index (χ4n) is 2.53. The quantitative estimate of drug-likeness (QED) is 0.809. The standard InChI is InChI=1S/C18H20N4O2/c1-13-5-7-14(8-6-13)12-20-17(23)21-15-3-2-4-16(11-15)22-10-9-19-18(22)24/h2-8,11H,9-10,12H2,1H3,(H,19,24)(H2,20,21,23). The summed E-state index contributed by atoms with van der Waals surface area (Å²) >= 11 is 0. The van der Waals surface area contributed by atoms with E-state index in [2.05, 4.69) is 16.0 Å². The predicted octanol–water partition coefficient (Wildman–Crippen LogP) is 2.85. The van der Waals surface area contributed by atoms with Gasteiger partial charge in [-0.15, -0.1) is 0 Å². The number of anilines is 2. The Morgan fingerprint density at radius 2 is 2.00 bits per heavy atom. The molecular weight excluding hydrogens is 304 g/mol. The Bertz CT molecular complexity index is 743. The number of nitrogens with zero attached hydrogens (tertiary/aromatic N) is 1. The van der Waals surface area contributed by atoms with E-state index in [0.29, 0.717) is 25.3 Å². The van der Waals surface area contributed by atoms with Crippen LogP contribution < -0.4 is 20.9 Å². The third-order valence-electron chi connectivity index (χ3n) is 3.85. The van der Waals surface area contributed by atoms with Gasteiger partial charge in [-0.25, -0.2) is 9.59 Å². The van der Waals surface area contributed by atoms with Gasteiger partial charge in [0, 0.05) is 31.0 Å². The molecule has 1 aliphatic rings. The molecule has 124 valence electrons. The summed E-state index contributed by atoms with van der Waals surface area (Å²) in [4.78, 5) is 25.4. The number of carbonyl (C=O) groups excluding carboxylic acids is 2. The van der Waals surface area contributed by atoms with Crippen molar-refractivity contribution in [1.82, 2.24) is 10.6 Å². The first-order valence-electron chi connectivity index (χ1n) is 7.88. The molecule has 1 fully saturated rings. The third-order valence-corrected chi connectivity index (χ3v) is 3.85. The lowest BCUT2D eigenvalue weighted by molar-refractivity contribution is 0.251. The van der Waals surface area contributed by atoms with Gasteiger partial charge < -0.3 is 16.0 Å². The van der Waals surface area contributed by atoms with Crippen LogP contribution in [0.3, 0.4) is 0 Å². The number of benzene rings is 2. The maximum atomic E-state index is 12.0. The summed E-state index contributed by atoms with van der Waals surface area (Å²) in [6.07, 6.45) is 0. The third kappa shape index (κ3) is 3.84. The summed E-state index contributed by atoms with van der Waals surface area (Å²) in [5.41, 5.74) is 3.64. The van der Waals surface area contributed by atoms with Crippen LogP contribution in [0, 0.1) is 6.92 Å². The second kappa shape index (κ2) is 7.04. The van der Waals surface area contributed by atoms with Crippen LogP contribution in [0.4, 0.5) is 21.0 Å². The lowest BCUT2D eigenvalue weighted by atomic mass is 10.1. The average molecular weight is 324 g/mol. The van der Waals surface area contributed by atoms with E-state index in [0.717, 1.165) is 11.3 Å². The predicted molar refractivity (Wildman–Crippen MR) is 94.2 cm³/mol. The molecule has 6 nitrogen and oxygen atoms in total. The first-order chi connectivity index (χ1) is 11.6. The van der Waals surface area contributed by atoms with Crippen LogP contribution in [0.25, 0.3) is 0 Å². The summed E-state index contributed by atoms with van der Waals surface area (Å²) in [5.74, 6) is 0. The Hall–Kier alpha value is -3.02. The van der Waals surface area contributed by atoms with Crippen LogP contribution in [0.2, 0.25) is 0 Å². The minimum Gasteiger partial charge on any atom is -0.336 e. The number of hydrogen-bond acceptors (Lipinski definition) is 2. The molecule has 3 N–H and O–H groups in total. The topological polar surface area (TPSA) is 73.5 Å². The van der Waals surface area contributed by atoms with Gasteiger partial charge in [0.15, 0.2) is 0 Å². The van der Waals surface area contributed by atoms with E-state index in [9.17, 15) is 9.59 Å². The van der Waals surface area contributed by atoms with Crippen molar-refractivity contribution in [3.63, 3.8) is 0 Å². The summed E-state index contributed by atoms with van der Waals surface area (Å²) in [7, 11) is 0. The monoisotopic (exact) mass is 324 g/mol. The average Bonchev–Trinajstić information content (AvgIpc) is 3.01. The summed E-state index contributed by atoms with van der Waals surface area (Å²) in [6.45, 7) is 3.74. The van der Waals surface area contributed by atoms with Gasteiger partial charge in [-0.3, -0.25) is 4.90 Å². The molecule has 0 bridgehead atoms. The molecule has 3 rings (SSSR count). The second-order valence-corrected chi connectivity index (χ2v) is 5.73. The van der Waals surface area contributed by atoms with Crippen LogP contribution in [0.5, 0.6) is 0 Å². The molecule has 0 aliphatic carbocycles. The van der Waals surface area contributed by atoms with Gasteiger partial charge in [0.2, 0.25) is 0 Å². The Labute approximate surface area is 140 Å². The van der Waals surface area contributed by atoms with E-state index in [4.69, 9.17) is 0 Å². The van der Waals surface area contributed by atoms with Crippen molar-refractivity contribution in [3.05, 3.63) is 59.7 Å². The van der Waals surface area contributed by atoms with Crippen molar-refractivity contribution in [2.45, 2.75) is 13.5 Å². The Morgan fingerprint density at radius 3 is 2.71 bits per heavy atom. The van der Waals surface area contributed by atoms with E-state index < -0.39 is 0 Å². The molecule has 1 saturated heterocycles. The first-order valence-corrected chi connectivity index (χ1v) is 7.88. The minimum absolute atomic E-state index is 0.115. The summed E-state index contributed by atoms with van der Waals surface area (Å²) in [6, 6.07) is 14.9. The van der Waals surface area contributed by atoms with Gasteiger partial charge in [-0.1, -0.05) is 35.9 Å². The molecule has 1 aliphatic heterocycles. The van der Waals surface area contributed by atoms with Crippen LogP contribution in [-0.4, -0.2) is 25.2 Å². The van der Waals surface area contributed by atoms with E-state index in [1.165, 1.54) is 5.56 Å². The largest absolute Gasteiger partial charge is 0.336 e. The molecule has 0 unspecified atom stereocenters. The number of rotatable bonds is 4. The van der Waals surface area contributed by atoms with Crippen molar-refractivity contribution in [3.8, 4) is 0 Å². The number of carbonyl (C=O) groups is 2. The summed E-state index contributed by atoms with van der Waals surface area (Å²) in [5, 5.41) is 8.37. The smallest absolute Gasteiger partial charge is 0.321 e. The van der Waals surface area contributed by atoms with Gasteiger partial charge in [0.1, 0.15) is 0 Å². The van der Waals surface area contributed by atoms with E-state index in [1.807, 2.05) is 43.3 Å². The van der Waals surface area contributed by atoms with Crippen LogP contribution in [0.1, 0.15) is 11.1 Å². The number of urea groups is 2. The molecule has 6 heteroatoms. The molecule has 0 radical (unpaired) electrons. The van der Waals surface area contributed by atoms with E-state index >= 15 is 0 Å². The van der Waals surface area contributed by atoms with E-state index in [-0.39, 0.29) is 12.1 Å². The van der Waals surface area contributed by atoms with E-state index in [1.54, 1.807) is 17.0 Å². The maximum absolute atomic E-state index is 12.0. The SMILES string of the molecule is Cc1ccc(CNC(=O)Nc2cccc(N3CCNC3=O)c2)cc1. The number of amides is 4. The molecule has 24 heavy (non-hydrogen) atoms. The highest BCUT2D eigenvalue weighted by atomic mass is 16.2. The van der Waals surface area contributed by atoms with Crippen LogP contribution in [-0.2, 0) is 6.54 Å². The molecule has 0 saturated carbocycles. The fourth-order valence-corrected chi connectivity index (χ4v) is 2.53. The van der Waals surface area contributed by atoms with Crippen molar-refractivity contribution in [2.75, 3.05) is 23.3 Å². The van der Waals surface area contributed by atoms with Gasteiger partial charge in [-0.05, 0) is 30.7 Å². The molecule has 0 aromatic heterocycles. The molecule has 1 heterocycles. The normalized spacial score (nSPS) is 13.5. The fraction of sp³-hybridized carbons (Fsp3) is 0.222. The van der Waals surface area contributed by atoms with Crippen molar-refractivity contribution < 1.29 is 9.59 Å². The van der Waals surface area contributed by atoms with Crippen molar-refractivity contribution in [2.24, 2.45) is 0 Å². The van der Waals surface area contributed by atoms with Gasteiger partial charge in [0.25, 0.3) is 0 Å². The zero-order valence-corrected chi connectivity index (χ0v) is 13.5. The molecule has 0 atom stereocenters. The van der Waals surface area contributed by atoms with Gasteiger partial charge >= 0.3 is 12.1 Å². The number of nitrogens with one attached hydrogen (secondary N) is 3. The lowest BCUT2D eigenvalue weighted by Crippen LogP contribution is -2.29. The maximum Gasteiger partial charge on any atom is 0.321 e. The molecule has 0 spiro atoms. The van der Waals surface area contributed by atoms with Gasteiger partial charge in [0.05, 0.1) is 0 Å². The molecular formula is C18H20N4O2. The zero-order valence-electron chi connectivity index (χ0n) is 13.5. The van der Waals surface area contributed by atoms with Gasteiger partial charge in [-0.2, -0.15) is 0 Å². The highest BCUT2D eigenvalue weighted by molar-refractivity contribution is 5.95. The van der Waals surface area contributed by atoms with Crippen LogP contribution in [0.15, 0.2) is 48.5 Å². The Morgan fingerprint density at radius 1 is 1.21 bits per heavy atom. The van der Waals surface area contributed by atoms with Crippen molar-refractivity contribution in [1.29, 1.82) is 0 Å². The second-order valence-electron chi connectivity index (χ2n) is 5.73. The Kier molecular flexibility index (Phi) is 4.65. The Balaban J connectivity index is 1.58. The highest BCUT2D eigenvalue weighted by Gasteiger charge is 2.21. The lowest BCUT2D eigenvalue weighted by Gasteiger charge is -2.15. The number of aryl methyl sites for hydroxylation is 1. The number of hydrogen-bond donors (Lipinski definition) is 3. The molecule has 2 aromatic carbocycles. The van der Waals surface area contributed by atoms with Crippen LogP contribution >= 0.6 is 0 Å². The minimum atomic E-state index is -0.279. The van der Waals surface area contributed by atoms with Crippen molar-refractivity contribution >= 4 is 23.4 Å². The summed E-state index contributed by atoms with van der Waals surface area (Å²) < 4.78 is 0. The zero-order chi connectivity index (χ0) is 16.9. The molecule has 4 amide bonds. The highest BCUT2D eigenvalue weighted by Crippen LogP contribution is 2.20.